The first kappa shape index (κ1) is 32.5. The van der Waals surface area contributed by atoms with Crippen molar-refractivity contribution in [1.29, 1.82) is 0 Å². The molecule has 0 atom stereocenters. The van der Waals surface area contributed by atoms with Gasteiger partial charge in [-0.3, -0.25) is 0 Å². The maximum absolute atomic E-state index is 2.69. The molecule has 1 aliphatic carbocycles. The van der Waals surface area contributed by atoms with Gasteiger partial charge in [0.1, 0.15) is 0 Å². The van der Waals surface area contributed by atoms with Gasteiger partial charge in [0.05, 0.1) is 11.0 Å². The summed E-state index contributed by atoms with van der Waals surface area (Å²) in [5, 5.41) is 2.57. The standard InChI is InChI=1S/C53H40BN3/c1-33-26-28-45(34(2)30-33)57-47-29-27-43-49(40-21-11-13-23-42(40)53(43,3)4)50(47)41-31-37(55(35-16-7-5-8-17-35)36-18-9-6-10-19-36)32-48-51(41)54(57)44-24-15-22-39-38-20-12-14-25-46(38)56(48)52(39)44/h5-32H,1-4H3. The first-order chi connectivity index (χ1) is 27.9. The second-order valence-corrected chi connectivity index (χ2v) is 16.6. The fraction of sp³-hybridized carbons (Fsp3) is 0.0943. The molecule has 0 radical (unpaired) electrons. The molecule has 3 aliphatic rings. The second-order valence-electron chi connectivity index (χ2n) is 16.6. The Morgan fingerprint density at radius 2 is 1.19 bits per heavy atom. The Bertz CT molecular complexity index is 3100. The lowest BCUT2D eigenvalue weighted by Gasteiger charge is -2.44. The summed E-state index contributed by atoms with van der Waals surface area (Å²) in [7, 11) is 0. The molecule has 0 fully saturated rings. The van der Waals surface area contributed by atoms with E-state index in [1.165, 1.54) is 94.3 Å². The molecule has 0 N–H and O–H groups in total. The van der Waals surface area contributed by atoms with Crippen LogP contribution >= 0.6 is 0 Å². The number of hydrogen-bond donors (Lipinski definition) is 0. The quantitative estimate of drug-likeness (QED) is 0.167. The van der Waals surface area contributed by atoms with Gasteiger partial charge in [0.25, 0.3) is 0 Å². The third kappa shape index (κ3) is 4.33. The average Bonchev–Trinajstić information content (AvgIpc) is 3.70. The van der Waals surface area contributed by atoms with Gasteiger partial charge >= 0.3 is 6.85 Å². The smallest absolute Gasteiger partial charge is 0.333 e. The van der Waals surface area contributed by atoms with Gasteiger partial charge in [0.15, 0.2) is 0 Å². The highest BCUT2D eigenvalue weighted by Gasteiger charge is 2.47. The van der Waals surface area contributed by atoms with E-state index in [2.05, 4.69) is 212 Å². The number of benzene rings is 8. The minimum atomic E-state index is -0.143. The lowest BCUT2D eigenvalue weighted by Crippen LogP contribution is -2.60. The summed E-state index contributed by atoms with van der Waals surface area (Å²) in [4.78, 5) is 5.12. The van der Waals surface area contributed by atoms with E-state index < -0.39 is 0 Å². The summed E-state index contributed by atoms with van der Waals surface area (Å²) in [6.07, 6.45) is 0. The van der Waals surface area contributed by atoms with Gasteiger partial charge in [-0.1, -0.05) is 135 Å². The summed E-state index contributed by atoms with van der Waals surface area (Å²) in [5.74, 6) is 0. The first-order valence-electron chi connectivity index (χ1n) is 20.1. The molecule has 57 heavy (non-hydrogen) atoms. The molecule has 0 unspecified atom stereocenters. The average molecular weight is 730 g/mol. The molecule has 9 aromatic rings. The fourth-order valence-electron chi connectivity index (χ4n) is 10.7. The molecular formula is C53H40BN3. The summed E-state index contributed by atoms with van der Waals surface area (Å²) in [6, 6.07) is 63.6. The van der Waals surface area contributed by atoms with Crippen LogP contribution in [0.1, 0.15) is 36.1 Å². The van der Waals surface area contributed by atoms with Gasteiger partial charge in [-0.05, 0) is 113 Å². The number of hydrogen-bond acceptors (Lipinski definition) is 2. The lowest BCUT2D eigenvalue weighted by atomic mass is 9.43. The number of anilines is 5. The Hall–Kier alpha value is -6.78. The van der Waals surface area contributed by atoms with E-state index in [0.717, 1.165) is 17.1 Å². The molecule has 0 saturated carbocycles. The highest BCUT2D eigenvalue weighted by Crippen LogP contribution is 2.57. The SMILES string of the molecule is Cc1ccc(N2B3c4c(cc(N(c5ccccc5)c5ccccc5)cc4-n4c5ccccc5c5cccc3c54)-c3c2ccc2c3-c3ccccc3C2(C)C)c(C)c1. The molecule has 3 heterocycles. The van der Waals surface area contributed by atoms with E-state index in [1.54, 1.807) is 0 Å². The lowest BCUT2D eigenvalue weighted by molar-refractivity contribution is 0.660. The Morgan fingerprint density at radius 3 is 1.96 bits per heavy atom. The van der Waals surface area contributed by atoms with Crippen LogP contribution in [0.3, 0.4) is 0 Å². The number of nitrogens with zero attached hydrogens (tertiary/aromatic N) is 3. The number of aromatic nitrogens is 1. The molecule has 1 aromatic heterocycles. The molecule has 2 aliphatic heterocycles. The Labute approximate surface area is 334 Å². The molecule has 0 bridgehead atoms. The predicted molar refractivity (Wildman–Crippen MR) is 242 cm³/mol. The maximum Gasteiger partial charge on any atom is 0.333 e. The number of fused-ring (bicyclic) bond motifs is 11. The maximum atomic E-state index is 2.69. The molecule has 0 amide bonds. The van der Waals surface area contributed by atoms with E-state index in [0.29, 0.717) is 0 Å². The zero-order valence-electron chi connectivity index (χ0n) is 32.6. The van der Waals surface area contributed by atoms with Crippen LogP contribution < -0.4 is 20.6 Å². The van der Waals surface area contributed by atoms with Gasteiger partial charge in [-0.25, -0.2) is 0 Å². The Morgan fingerprint density at radius 1 is 0.509 bits per heavy atom. The second kappa shape index (κ2) is 11.6. The van der Waals surface area contributed by atoms with Crippen molar-refractivity contribution in [2.24, 2.45) is 0 Å². The summed E-state index contributed by atoms with van der Waals surface area (Å²) < 4.78 is 2.58. The van der Waals surface area contributed by atoms with Crippen molar-refractivity contribution in [2.45, 2.75) is 33.1 Å². The van der Waals surface area contributed by atoms with Crippen LogP contribution in [0.4, 0.5) is 28.4 Å². The van der Waals surface area contributed by atoms with Crippen molar-refractivity contribution in [1.82, 2.24) is 4.57 Å². The van der Waals surface area contributed by atoms with Crippen molar-refractivity contribution in [3.05, 3.63) is 192 Å². The van der Waals surface area contributed by atoms with Crippen LogP contribution in [-0.4, -0.2) is 11.4 Å². The van der Waals surface area contributed by atoms with Gasteiger partial charge in [-0.15, -0.1) is 0 Å². The van der Waals surface area contributed by atoms with E-state index in [-0.39, 0.29) is 12.3 Å². The monoisotopic (exact) mass is 729 g/mol. The molecule has 0 saturated heterocycles. The first-order valence-corrected chi connectivity index (χ1v) is 20.1. The van der Waals surface area contributed by atoms with Crippen LogP contribution in [-0.2, 0) is 5.41 Å². The zero-order valence-corrected chi connectivity index (χ0v) is 32.6. The highest BCUT2D eigenvalue weighted by atomic mass is 15.2. The minimum Gasteiger partial charge on any atom is -0.376 e. The largest absolute Gasteiger partial charge is 0.376 e. The summed E-state index contributed by atoms with van der Waals surface area (Å²) in [5.41, 5.74) is 22.8. The third-order valence-electron chi connectivity index (χ3n) is 13.1. The third-order valence-corrected chi connectivity index (χ3v) is 13.1. The zero-order chi connectivity index (χ0) is 38.2. The van der Waals surface area contributed by atoms with Gasteiger partial charge in [0.2, 0.25) is 0 Å². The van der Waals surface area contributed by atoms with Crippen molar-refractivity contribution in [3.8, 4) is 27.9 Å². The van der Waals surface area contributed by atoms with E-state index in [1.807, 2.05) is 0 Å². The number of para-hydroxylation sites is 4. The van der Waals surface area contributed by atoms with Crippen LogP contribution in [0.5, 0.6) is 0 Å². The molecular weight excluding hydrogens is 689 g/mol. The van der Waals surface area contributed by atoms with Crippen molar-refractivity contribution in [3.63, 3.8) is 0 Å². The number of aryl methyl sites for hydroxylation is 2. The predicted octanol–water partition coefficient (Wildman–Crippen LogP) is 12.4. The topological polar surface area (TPSA) is 11.4 Å². The van der Waals surface area contributed by atoms with Crippen molar-refractivity contribution < 1.29 is 0 Å². The molecule has 4 heteroatoms. The Balaban J connectivity index is 1.29. The number of rotatable bonds is 4. The van der Waals surface area contributed by atoms with Crippen LogP contribution in [0.15, 0.2) is 170 Å². The fourth-order valence-corrected chi connectivity index (χ4v) is 10.7. The summed E-state index contributed by atoms with van der Waals surface area (Å²) in [6.45, 7) is 9.23. The van der Waals surface area contributed by atoms with Gasteiger partial charge < -0.3 is 14.3 Å². The van der Waals surface area contributed by atoms with Crippen LogP contribution in [0.25, 0.3) is 49.7 Å². The highest BCUT2D eigenvalue weighted by molar-refractivity contribution is 6.93. The summed E-state index contributed by atoms with van der Waals surface area (Å²) >= 11 is 0. The molecule has 270 valence electrons. The normalized spacial score (nSPS) is 14.0. The molecule has 3 nitrogen and oxygen atoms in total. The molecule has 12 rings (SSSR count). The van der Waals surface area contributed by atoms with Gasteiger partial charge in [-0.2, -0.15) is 0 Å². The van der Waals surface area contributed by atoms with E-state index in [4.69, 9.17) is 0 Å². The Kier molecular flexibility index (Phi) is 6.62. The van der Waals surface area contributed by atoms with Crippen LogP contribution in [0.2, 0.25) is 0 Å². The van der Waals surface area contributed by atoms with E-state index in [9.17, 15) is 0 Å². The van der Waals surface area contributed by atoms with Crippen molar-refractivity contribution in [2.75, 3.05) is 9.71 Å². The van der Waals surface area contributed by atoms with Crippen LogP contribution in [0, 0.1) is 13.8 Å². The minimum absolute atomic E-state index is 0.0527. The molecule has 8 aromatic carbocycles. The van der Waals surface area contributed by atoms with Gasteiger partial charge in [0, 0.05) is 55.9 Å². The molecule has 0 spiro atoms. The van der Waals surface area contributed by atoms with Crippen molar-refractivity contribution >= 4 is 68.0 Å². The van der Waals surface area contributed by atoms with E-state index >= 15 is 0 Å².